The Morgan fingerprint density at radius 3 is 2.95 bits per heavy atom. The van der Waals surface area contributed by atoms with Crippen LogP contribution in [0.4, 0.5) is 0 Å². The van der Waals surface area contributed by atoms with Crippen LogP contribution < -0.4 is 0 Å². The quantitative estimate of drug-likeness (QED) is 0.897. The Morgan fingerprint density at radius 2 is 2.30 bits per heavy atom. The van der Waals surface area contributed by atoms with Gasteiger partial charge in [0.2, 0.25) is 0 Å². The highest BCUT2D eigenvalue weighted by Crippen LogP contribution is 2.48. The van der Waals surface area contributed by atoms with Gasteiger partial charge in [-0.3, -0.25) is 0 Å². The monoisotopic (exact) mass is 274 g/mol. The molecule has 1 aromatic rings. The highest BCUT2D eigenvalue weighted by molar-refractivity contribution is 5.86. The number of fused-ring (bicyclic) bond motifs is 2. The molecular weight excluding hydrogens is 252 g/mol. The maximum absolute atomic E-state index is 11.2. The predicted molar refractivity (Wildman–Crippen MR) is 76.5 cm³/mol. The molecular formula is C16H22N2O2. The van der Waals surface area contributed by atoms with Crippen molar-refractivity contribution in [3.8, 4) is 0 Å². The van der Waals surface area contributed by atoms with E-state index >= 15 is 0 Å². The third-order valence-electron chi connectivity index (χ3n) is 4.96. The van der Waals surface area contributed by atoms with Gasteiger partial charge in [0.15, 0.2) is 5.69 Å². The summed E-state index contributed by atoms with van der Waals surface area (Å²) in [5.74, 6) is 1.75. The Balaban J connectivity index is 1.61. The fraction of sp³-hybridized carbons (Fsp3) is 0.625. The van der Waals surface area contributed by atoms with Gasteiger partial charge in [0.05, 0.1) is 0 Å². The molecule has 1 heterocycles. The SMILES string of the molecule is CN(Cc1cccnc1C(=O)O)CC1CC2CCC1C2. The number of pyridine rings is 1. The molecule has 2 aliphatic rings. The lowest BCUT2D eigenvalue weighted by molar-refractivity contribution is 0.0688. The average molecular weight is 274 g/mol. The molecule has 108 valence electrons. The standard InChI is InChI=1S/C16H22N2O2/c1-18(10-14-8-11-4-5-12(14)7-11)9-13-3-2-6-17-15(13)16(19)20/h2-3,6,11-12,14H,4-5,7-10H2,1H3,(H,19,20). The number of hydrogen-bond donors (Lipinski definition) is 1. The van der Waals surface area contributed by atoms with Gasteiger partial charge in [-0.1, -0.05) is 12.5 Å². The van der Waals surface area contributed by atoms with Crippen LogP contribution in [0, 0.1) is 17.8 Å². The molecule has 0 aromatic carbocycles. The molecule has 4 nitrogen and oxygen atoms in total. The summed E-state index contributed by atoms with van der Waals surface area (Å²) >= 11 is 0. The van der Waals surface area contributed by atoms with Crippen LogP contribution in [-0.4, -0.2) is 34.6 Å². The number of rotatable bonds is 5. The lowest BCUT2D eigenvalue weighted by Crippen LogP contribution is -2.29. The zero-order chi connectivity index (χ0) is 14.1. The number of aromatic nitrogens is 1. The molecule has 0 radical (unpaired) electrons. The van der Waals surface area contributed by atoms with Crippen molar-refractivity contribution >= 4 is 5.97 Å². The van der Waals surface area contributed by atoms with Crippen molar-refractivity contribution in [2.75, 3.05) is 13.6 Å². The first-order valence-electron chi connectivity index (χ1n) is 7.49. The fourth-order valence-corrected chi connectivity index (χ4v) is 4.11. The third kappa shape index (κ3) is 2.70. The Morgan fingerprint density at radius 1 is 1.45 bits per heavy atom. The summed E-state index contributed by atoms with van der Waals surface area (Å²) in [6.07, 6.45) is 7.16. The van der Waals surface area contributed by atoms with Crippen molar-refractivity contribution < 1.29 is 9.90 Å². The van der Waals surface area contributed by atoms with Crippen molar-refractivity contribution in [2.24, 2.45) is 17.8 Å². The van der Waals surface area contributed by atoms with Crippen molar-refractivity contribution in [3.05, 3.63) is 29.6 Å². The fourth-order valence-electron chi connectivity index (χ4n) is 4.11. The lowest BCUT2D eigenvalue weighted by Gasteiger charge is -2.27. The summed E-state index contributed by atoms with van der Waals surface area (Å²) in [5.41, 5.74) is 0.998. The predicted octanol–water partition coefficient (Wildman–Crippen LogP) is 2.65. The van der Waals surface area contributed by atoms with Crippen LogP contribution >= 0.6 is 0 Å². The van der Waals surface area contributed by atoms with E-state index in [2.05, 4.69) is 16.9 Å². The van der Waals surface area contributed by atoms with Crippen LogP contribution in [0.1, 0.15) is 41.7 Å². The Bertz CT molecular complexity index is 503. The Kier molecular flexibility index (Phi) is 3.74. The van der Waals surface area contributed by atoms with Crippen LogP contribution in [0.15, 0.2) is 18.3 Å². The van der Waals surface area contributed by atoms with E-state index in [0.29, 0.717) is 6.54 Å². The van der Waals surface area contributed by atoms with E-state index in [1.54, 1.807) is 6.20 Å². The zero-order valence-electron chi connectivity index (χ0n) is 12.0. The van der Waals surface area contributed by atoms with Gasteiger partial charge >= 0.3 is 5.97 Å². The minimum absolute atomic E-state index is 0.187. The molecule has 20 heavy (non-hydrogen) atoms. The number of nitrogens with zero attached hydrogens (tertiary/aromatic N) is 2. The third-order valence-corrected chi connectivity index (χ3v) is 4.96. The van der Waals surface area contributed by atoms with Gasteiger partial charge in [0.1, 0.15) is 0 Å². The summed E-state index contributed by atoms with van der Waals surface area (Å²) in [6, 6.07) is 3.68. The first-order chi connectivity index (χ1) is 9.63. The number of carbonyl (C=O) groups is 1. The van der Waals surface area contributed by atoms with Crippen LogP contribution in [-0.2, 0) is 6.54 Å². The second-order valence-electron chi connectivity index (χ2n) is 6.45. The largest absolute Gasteiger partial charge is 0.477 e. The lowest BCUT2D eigenvalue weighted by atomic mass is 9.88. The Labute approximate surface area is 119 Å². The second-order valence-corrected chi connectivity index (χ2v) is 6.45. The molecule has 2 saturated carbocycles. The van der Waals surface area contributed by atoms with E-state index in [-0.39, 0.29) is 5.69 Å². The number of carboxylic acids is 1. The smallest absolute Gasteiger partial charge is 0.354 e. The summed E-state index contributed by atoms with van der Waals surface area (Å²) in [6.45, 7) is 1.75. The highest BCUT2D eigenvalue weighted by atomic mass is 16.4. The van der Waals surface area contributed by atoms with Crippen molar-refractivity contribution in [1.29, 1.82) is 0 Å². The topological polar surface area (TPSA) is 53.4 Å². The molecule has 4 heteroatoms. The molecule has 0 spiro atoms. The zero-order valence-corrected chi connectivity index (χ0v) is 12.0. The second kappa shape index (κ2) is 5.52. The molecule has 0 amide bonds. The van der Waals surface area contributed by atoms with Gasteiger partial charge in [0, 0.05) is 19.3 Å². The minimum atomic E-state index is -0.936. The molecule has 2 fully saturated rings. The van der Waals surface area contributed by atoms with Gasteiger partial charge in [-0.05, 0) is 55.7 Å². The molecule has 2 aliphatic carbocycles. The van der Waals surface area contributed by atoms with E-state index in [0.717, 1.165) is 29.9 Å². The highest BCUT2D eigenvalue weighted by Gasteiger charge is 2.39. The summed E-state index contributed by atoms with van der Waals surface area (Å²) in [4.78, 5) is 17.4. The van der Waals surface area contributed by atoms with E-state index in [1.807, 2.05) is 12.1 Å². The van der Waals surface area contributed by atoms with Gasteiger partial charge in [-0.15, -0.1) is 0 Å². The number of aromatic carboxylic acids is 1. The maximum atomic E-state index is 11.2. The van der Waals surface area contributed by atoms with Gasteiger partial charge in [0.25, 0.3) is 0 Å². The van der Waals surface area contributed by atoms with E-state index in [9.17, 15) is 4.79 Å². The van der Waals surface area contributed by atoms with Crippen LogP contribution in [0.2, 0.25) is 0 Å². The van der Waals surface area contributed by atoms with E-state index in [4.69, 9.17) is 5.11 Å². The number of hydrogen-bond acceptors (Lipinski definition) is 3. The Hall–Kier alpha value is -1.42. The van der Waals surface area contributed by atoms with Gasteiger partial charge in [-0.2, -0.15) is 0 Å². The minimum Gasteiger partial charge on any atom is -0.477 e. The summed E-state index contributed by atoms with van der Waals surface area (Å²) in [7, 11) is 2.09. The van der Waals surface area contributed by atoms with Crippen molar-refractivity contribution in [1.82, 2.24) is 9.88 Å². The summed E-state index contributed by atoms with van der Waals surface area (Å²) < 4.78 is 0. The molecule has 1 N–H and O–H groups in total. The number of carboxylic acid groups (broad SMARTS) is 1. The first-order valence-corrected chi connectivity index (χ1v) is 7.49. The van der Waals surface area contributed by atoms with Crippen LogP contribution in [0.25, 0.3) is 0 Å². The van der Waals surface area contributed by atoms with Crippen molar-refractivity contribution in [2.45, 2.75) is 32.2 Å². The van der Waals surface area contributed by atoms with E-state index < -0.39 is 5.97 Å². The molecule has 0 aliphatic heterocycles. The average Bonchev–Trinajstić information content (AvgIpc) is 3.01. The normalized spacial score (nSPS) is 28.2. The van der Waals surface area contributed by atoms with Gasteiger partial charge in [-0.25, -0.2) is 9.78 Å². The summed E-state index contributed by atoms with van der Waals surface area (Å²) in [5, 5.41) is 9.17. The molecule has 3 unspecified atom stereocenters. The van der Waals surface area contributed by atoms with Gasteiger partial charge < -0.3 is 10.0 Å². The maximum Gasteiger partial charge on any atom is 0.354 e. The molecule has 3 rings (SSSR count). The molecule has 0 saturated heterocycles. The molecule has 2 bridgehead atoms. The van der Waals surface area contributed by atoms with Crippen molar-refractivity contribution in [3.63, 3.8) is 0 Å². The first kappa shape index (κ1) is 13.6. The molecule has 3 atom stereocenters. The van der Waals surface area contributed by atoms with Crippen LogP contribution in [0.3, 0.4) is 0 Å². The molecule has 1 aromatic heterocycles. The van der Waals surface area contributed by atoms with E-state index in [1.165, 1.54) is 25.7 Å². The van der Waals surface area contributed by atoms with Crippen LogP contribution in [0.5, 0.6) is 0 Å².